The van der Waals surface area contributed by atoms with Gasteiger partial charge in [-0.25, -0.2) is 0 Å². The first kappa shape index (κ1) is 12.0. The fraction of sp³-hybridized carbons (Fsp3) is 0.800. The van der Waals surface area contributed by atoms with Crippen LogP contribution in [0.25, 0.3) is 0 Å². The number of rotatable bonds is 3. The number of carboxylic acid groups (broad SMARTS) is 2. The number of likely N-dealkylation sites (tertiary alicyclic amines) is 1. The Hall–Kier alpha value is -1.10. The second-order valence-corrected chi connectivity index (χ2v) is 4.35. The molecule has 0 aromatic heterocycles. The van der Waals surface area contributed by atoms with E-state index in [9.17, 15) is 9.59 Å². The lowest BCUT2D eigenvalue weighted by Gasteiger charge is -2.36. The van der Waals surface area contributed by atoms with E-state index >= 15 is 0 Å². The molecular weight excluding hydrogens is 198 g/mol. The molecule has 1 heterocycles. The molecule has 0 aromatic rings. The van der Waals surface area contributed by atoms with Gasteiger partial charge in [0.25, 0.3) is 0 Å². The van der Waals surface area contributed by atoms with E-state index in [1.54, 1.807) is 0 Å². The molecule has 0 aliphatic carbocycles. The van der Waals surface area contributed by atoms with Crippen LogP contribution in [0, 0.1) is 11.8 Å². The first-order valence-electron chi connectivity index (χ1n) is 5.11. The molecule has 1 aliphatic heterocycles. The van der Waals surface area contributed by atoms with E-state index < -0.39 is 23.8 Å². The number of piperidine rings is 1. The summed E-state index contributed by atoms with van der Waals surface area (Å²) in [5, 5.41) is 17.8. The van der Waals surface area contributed by atoms with Crippen LogP contribution in [-0.2, 0) is 9.59 Å². The van der Waals surface area contributed by atoms with Gasteiger partial charge in [-0.2, -0.15) is 0 Å². The Bertz CT molecular complexity index is 242. The fourth-order valence-electron chi connectivity index (χ4n) is 1.91. The van der Waals surface area contributed by atoms with E-state index in [0.29, 0.717) is 13.1 Å². The van der Waals surface area contributed by atoms with Gasteiger partial charge in [0.15, 0.2) is 0 Å². The minimum Gasteiger partial charge on any atom is -0.481 e. The van der Waals surface area contributed by atoms with Gasteiger partial charge < -0.3 is 10.2 Å². The molecule has 0 aromatic carbocycles. The predicted octanol–water partition coefficient (Wildman–Crippen LogP) is 0.502. The summed E-state index contributed by atoms with van der Waals surface area (Å²) in [6.45, 7) is 4.81. The van der Waals surface area contributed by atoms with Crippen molar-refractivity contribution >= 4 is 11.9 Å². The zero-order chi connectivity index (χ0) is 11.6. The highest BCUT2D eigenvalue weighted by molar-refractivity contribution is 5.74. The van der Waals surface area contributed by atoms with E-state index in [-0.39, 0.29) is 12.5 Å². The van der Waals surface area contributed by atoms with Crippen LogP contribution >= 0.6 is 0 Å². The summed E-state index contributed by atoms with van der Waals surface area (Å²) < 4.78 is 0. The molecular formula is C10H17NO4. The molecule has 5 nitrogen and oxygen atoms in total. The summed E-state index contributed by atoms with van der Waals surface area (Å²) in [5.41, 5.74) is 0. The summed E-state index contributed by atoms with van der Waals surface area (Å²) in [6, 6.07) is 0.189. The lowest BCUT2D eigenvalue weighted by atomic mass is 9.88. The minimum atomic E-state index is -0.897. The molecule has 1 fully saturated rings. The first-order chi connectivity index (χ1) is 6.91. The van der Waals surface area contributed by atoms with Crippen molar-refractivity contribution in [3.63, 3.8) is 0 Å². The smallest absolute Gasteiger partial charge is 0.307 e. The molecule has 1 aliphatic rings. The van der Waals surface area contributed by atoms with Gasteiger partial charge in [-0.1, -0.05) is 0 Å². The summed E-state index contributed by atoms with van der Waals surface area (Å²) in [4.78, 5) is 23.7. The van der Waals surface area contributed by atoms with Gasteiger partial charge in [0.2, 0.25) is 0 Å². The zero-order valence-electron chi connectivity index (χ0n) is 9.01. The highest BCUT2D eigenvalue weighted by atomic mass is 16.4. The highest BCUT2D eigenvalue weighted by Gasteiger charge is 2.35. The maximum Gasteiger partial charge on any atom is 0.307 e. The number of hydrogen-bond donors (Lipinski definition) is 2. The van der Waals surface area contributed by atoms with Crippen molar-refractivity contribution < 1.29 is 19.8 Å². The lowest BCUT2D eigenvalue weighted by molar-refractivity contribution is -0.150. The molecule has 0 bridgehead atoms. The molecule has 86 valence electrons. The van der Waals surface area contributed by atoms with Crippen LogP contribution in [0.1, 0.15) is 20.3 Å². The normalized spacial score (nSPS) is 27.9. The maximum atomic E-state index is 10.9. The van der Waals surface area contributed by atoms with Crippen molar-refractivity contribution in [2.45, 2.75) is 26.3 Å². The second kappa shape index (κ2) is 4.61. The second-order valence-electron chi connectivity index (χ2n) is 4.35. The first-order valence-corrected chi connectivity index (χ1v) is 5.11. The zero-order valence-corrected chi connectivity index (χ0v) is 9.01. The molecule has 2 unspecified atom stereocenters. The van der Waals surface area contributed by atoms with Crippen LogP contribution < -0.4 is 0 Å². The van der Waals surface area contributed by atoms with Gasteiger partial charge >= 0.3 is 11.9 Å². The number of hydrogen-bond acceptors (Lipinski definition) is 3. The predicted molar refractivity (Wildman–Crippen MR) is 53.6 cm³/mol. The quantitative estimate of drug-likeness (QED) is 0.717. The number of nitrogens with zero attached hydrogens (tertiary/aromatic N) is 1. The molecule has 2 atom stereocenters. The Labute approximate surface area is 88.7 Å². The van der Waals surface area contributed by atoms with Crippen molar-refractivity contribution in [2.24, 2.45) is 11.8 Å². The van der Waals surface area contributed by atoms with E-state index in [0.717, 1.165) is 0 Å². The third-order valence-electron chi connectivity index (χ3n) is 2.91. The van der Waals surface area contributed by atoms with Crippen molar-refractivity contribution in [3.05, 3.63) is 0 Å². The van der Waals surface area contributed by atoms with Crippen LogP contribution in [0.4, 0.5) is 0 Å². The van der Waals surface area contributed by atoms with Crippen LogP contribution in [0.15, 0.2) is 0 Å². The van der Waals surface area contributed by atoms with E-state index in [1.807, 2.05) is 18.7 Å². The minimum absolute atomic E-state index is 0.189. The largest absolute Gasteiger partial charge is 0.481 e. The van der Waals surface area contributed by atoms with Gasteiger partial charge in [0.1, 0.15) is 0 Å². The molecule has 0 amide bonds. The molecule has 5 heteroatoms. The van der Waals surface area contributed by atoms with E-state index in [1.165, 1.54) is 0 Å². The lowest BCUT2D eigenvalue weighted by Crippen LogP contribution is -2.48. The number of carboxylic acids is 2. The van der Waals surface area contributed by atoms with E-state index in [2.05, 4.69) is 0 Å². The Kier molecular flexibility index (Phi) is 3.68. The van der Waals surface area contributed by atoms with Crippen molar-refractivity contribution in [2.75, 3.05) is 13.1 Å². The van der Waals surface area contributed by atoms with Crippen molar-refractivity contribution in [1.82, 2.24) is 4.90 Å². The molecule has 15 heavy (non-hydrogen) atoms. The summed E-state index contributed by atoms with van der Waals surface area (Å²) in [5.74, 6) is -2.90. The topological polar surface area (TPSA) is 77.8 Å². The number of aliphatic carboxylic acids is 2. The Morgan fingerprint density at radius 3 is 1.80 bits per heavy atom. The number of carbonyl (C=O) groups is 2. The van der Waals surface area contributed by atoms with Gasteiger partial charge in [0.05, 0.1) is 11.8 Å². The average Bonchev–Trinajstić information content (AvgIpc) is 2.16. The van der Waals surface area contributed by atoms with Gasteiger partial charge in [-0.05, 0) is 20.3 Å². The monoisotopic (exact) mass is 215 g/mol. The van der Waals surface area contributed by atoms with Gasteiger partial charge in [-0.15, -0.1) is 0 Å². The van der Waals surface area contributed by atoms with Crippen molar-refractivity contribution in [3.8, 4) is 0 Å². The standard InChI is InChI=1S/C10H17NO4/c1-6(2)11-4-7(9(12)13)3-8(5-11)10(14)15/h6-8H,3-5H2,1-2H3,(H,12,13)(H,14,15). The molecule has 0 spiro atoms. The third-order valence-corrected chi connectivity index (χ3v) is 2.91. The molecule has 0 radical (unpaired) electrons. The van der Waals surface area contributed by atoms with E-state index in [4.69, 9.17) is 10.2 Å². The van der Waals surface area contributed by atoms with Crippen LogP contribution in [0.2, 0.25) is 0 Å². The van der Waals surface area contributed by atoms with Gasteiger partial charge in [-0.3, -0.25) is 14.5 Å². The Morgan fingerprint density at radius 1 is 1.13 bits per heavy atom. The molecule has 0 saturated carbocycles. The van der Waals surface area contributed by atoms with Crippen molar-refractivity contribution in [1.29, 1.82) is 0 Å². The molecule has 1 rings (SSSR count). The molecule has 2 N–H and O–H groups in total. The summed E-state index contributed by atoms with van der Waals surface area (Å²) in [7, 11) is 0. The van der Waals surface area contributed by atoms with Gasteiger partial charge in [0, 0.05) is 19.1 Å². The third kappa shape index (κ3) is 2.92. The maximum absolute atomic E-state index is 10.9. The summed E-state index contributed by atoms with van der Waals surface area (Å²) >= 11 is 0. The highest BCUT2D eigenvalue weighted by Crippen LogP contribution is 2.23. The van der Waals surface area contributed by atoms with Crippen LogP contribution in [0.3, 0.4) is 0 Å². The Morgan fingerprint density at radius 2 is 1.53 bits per heavy atom. The molecule has 1 saturated heterocycles. The fourth-order valence-corrected chi connectivity index (χ4v) is 1.91. The SMILES string of the molecule is CC(C)N1CC(C(=O)O)CC(C(=O)O)C1. The van der Waals surface area contributed by atoms with Crippen LogP contribution in [-0.4, -0.2) is 46.2 Å². The summed E-state index contributed by atoms with van der Waals surface area (Å²) in [6.07, 6.45) is 0.244. The Balaban J connectivity index is 2.72. The van der Waals surface area contributed by atoms with Crippen LogP contribution in [0.5, 0.6) is 0 Å². The average molecular weight is 215 g/mol.